The summed E-state index contributed by atoms with van der Waals surface area (Å²) in [6.45, 7) is 2.38. The largest absolute Gasteiger partial charge is 0.493 e. The van der Waals surface area contributed by atoms with Crippen molar-refractivity contribution in [3.8, 4) is 22.6 Å². The van der Waals surface area contributed by atoms with E-state index < -0.39 is 5.91 Å². The molecule has 4 rings (SSSR count). The van der Waals surface area contributed by atoms with Gasteiger partial charge in [0.05, 0.1) is 7.11 Å². The van der Waals surface area contributed by atoms with E-state index in [0.717, 1.165) is 46.2 Å². The highest BCUT2D eigenvalue weighted by Gasteiger charge is 2.25. The van der Waals surface area contributed by atoms with Crippen LogP contribution in [0.2, 0.25) is 0 Å². The van der Waals surface area contributed by atoms with Crippen LogP contribution < -0.4 is 15.2 Å². The van der Waals surface area contributed by atoms with Gasteiger partial charge in [0.15, 0.2) is 17.3 Å². The Hall–Kier alpha value is -3.60. The van der Waals surface area contributed by atoms with Crippen molar-refractivity contribution >= 4 is 11.7 Å². The van der Waals surface area contributed by atoms with Gasteiger partial charge < -0.3 is 15.2 Å². The van der Waals surface area contributed by atoms with Crippen molar-refractivity contribution in [3.05, 3.63) is 82.4 Å². The van der Waals surface area contributed by atoms with E-state index in [4.69, 9.17) is 15.2 Å². The molecule has 158 valence electrons. The Balaban J connectivity index is 1.75. The summed E-state index contributed by atoms with van der Waals surface area (Å²) in [6.07, 6.45) is 2.08. The molecular formula is C26H25NO4. The number of amides is 1. The molecule has 0 radical (unpaired) electrons. The zero-order valence-electron chi connectivity index (χ0n) is 17.7. The molecular weight excluding hydrogens is 390 g/mol. The number of fused-ring (bicyclic) bond motifs is 1. The van der Waals surface area contributed by atoms with Crippen molar-refractivity contribution < 1.29 is 19.1 Å². The Kier molecular flexibility index (Phi) is 5.76. The zero-order chi connectivity index (χ0) is 22.0. The Morgan fingerprint density at radius 2 is 1.68 bits per heavy atom. The fourth-order valence-corrected chi connectivity index (χ4v) is 4.12. The lowest BCUT2D eigenvalue weighted by molar-refractivity contribution is 0.0988. The van der Waals surface area contributed by atoms with E-state index in [0.29, 0.717) is 30.1 Å². The molecule has 1 amide bonds. The van der Waals surface area contributed by atoms with E-state index in [1.165, 1.54) is 0 Å². The van der Waals surface area contributed by atoms with Crippen LogP contribution in [0.5, 0.6) is 11.5 Å². The van der Waals surface area contributed by atoms with Crippen LogP contribution in [-0.4, -0.2) is 18.8 Å². The topological polar surface area (TPSA) is 78.6 Å². The minimum absolute atomic E-state index is 0.186. The molecule has 31 heavy (non-hydrogen) atoms. The molecule has 0 spiro atoms. The lowest BCUT2D eigenvalue weighted by atomic mass is 9.94. The van der Waals surface area contributed by atoms with Crippen molar-refractivity contribution in [2.75, 3.05) is 7.11 Å². The van der Waals surface area contributed by atoms with Gasteiger partial charge in [-0.05, 0) is 47.2 Å². The van der Waals surface area contributed by atoms with E-state index in [2.05, 4.69) is 13.0 Å². The number of aryl methyl sites for hydroxylation is 1. The monoisotopic (exact) mass is 415 g/mol. The summed E-state index contributed by atoms with van der Waals surface area (Å²) >= 11 is 0. The van der Waals surface area contributed by atoms with Gasteiger partial charge in [0.2, 0.25) is 5.91 Å². The van der Waals surface area contributed by atoms with Crippen molar-refractivity contribution in [2.24, 2.45) is 5.73 Å². The van der Waals surface area contributed by atoms with Crippen LogP contribution in [-0.2, 0) is 19.4 Å². The van der Waals surface area contributed by atoms with Crippen LogP contribution >= 0.6 is 0 Å². The summed E-state index contributed by atoms with van der Waals surface area (Å²) in [4.78, 5) is 23.6. The minimum Gasteiger partial charge on any atom is -0.493 e. The summed E-state index contributed by atoms with van der Waals surface area (Å²) < 4.78 is 12.1. The maximum Gasteiger partial charge on any atom is 0.248 e. The summed E-state index contributed by atoms with van der Waals surface area (Å²) in [6, 6.07) is 17.0. The van der Waals surface area contributed by atoms with Crippen LogP contribution in [0.1, 0.15) is 50.8 Å². The average Bonchev–Trinajstić information content (AvgIpc) is 3.18. The number of carbonyl (C=O) groups is 2. The van der Waals surface area contributed by atoms with Gasteiger partial charge in [-0.3, -0.25) is 9.59 Å². The highest BCUT2D eigenvalue weighted by molar-refractivity contribution is 6.02. The zero-order valence-corrected chi connectivity index (χ0v) is 17.7. The van der Waals surface area contributed by atoms with Crippen LogP contribution in [0.3, 0.4) is 0 Å². The van der Waals surface area contributed by atoms with E-state index in [1.54, 1.807) is 19.2 Å². The molecule has 1 aliphatic rings. The fraction of sp³-hybridized carbons (Fsp3) is 0.231. The average molecular weight is 415 g/mol. The maximum absolute atomic E-state index is 12.3. The summed E-state index contributed by atoms with van der Waals surface area (Å²) in [5, 5.41) is 0. The predicted octanol–water partition coefficient (Wildman–Crippen LogP) is 4.73. The van der Waals surface area contributed by atoms with E-state index in [-0.39, 0.29) is 5.78 Å². The summed E-state index contributed by atoms with van der Waals surface area (Å²) in [5.41, 5.74) is 11.5. The number of ether oxygens (including phenoxy) is 2. The third-order valence-electron chi connectivity index (χ3n) is 5.77. The van der Waals surface area contributed by atoms with Crippen LogP contribution in [0.25, 0.3) is 11.1 Å². The molecule has 1 aliphatic carbocycles. The highest BCUT2D eigenvalue weighted by Crippen LogP contribution is 2.44. The van der Waals surface area contributed by atoms with Gasteiger partial charge in [0, 0.05) is 23.1 Å². The molecule has 0 atom stereocenters. The molecule has 5 heteroatoms. The van der Waals surface area contributed by atoms with Gasteiger partial charge in [-0.1, -0.05) is 49.4 Å². The standard InChI is InChI=1S/C26H25NO4/c1-3-17-11-12-22(19-5-4-6-21-20(19)13-14-23(21)28)25(24(17)30-2)31-15-16-7-9-18(10-8-16)26(27)29/h4-12H,3,13-15H2,1-2H3,(H2,27,29). The lowest BCUT2D eigenvalue weighted by Gasteiger charge is -2.19. The molecule has 0 aromatic heterocycles. The molecule has 3 aromatic carbocycles. The van der Waals surface area contributed by atoms with Gasteiger partial charge in [0.1, 0.15) is 6.61 Å². The van der Waals surface area contributed by atoms with Gasteiger partial charge in [0.25, 0.3) is 0 Å². The minimum atomic E-state index is -0.459. The SMILES string of the molecule is CCc1ccc(-c2cccc3c2CCC3=O)c(OCc2ccc(C(N)=O)cc2)c1OC. The maximum atomic E-state index is 12.3. The van der Waals surface area contributed by atoms with Crippen molar-refractivity contribution in [2.45, 2.75) is 32.8 Å². The number of carbonyl (C=O) groups excluding carboxylic acids is 2. The summed E-state index contributed by atoms with van der Waals surface area (Å²) in [5.74, 6) is 1.09. The second-order valence-electron chi connectivity index (χ2n) is 7.59. The Morgan fingerprint density at radius 3 is 2.35 bits per heavy atom. The predicted molar refractivity (Wildman–Crippen MR) is 120 cm³/mol. The smallest absolute Gasteiger partial charge is 0.248 e. The number of rotatable bonds is 7. The number of primary amides is 1. The first kappa shape index (κ1) is 20.7. The number of hydrogen-bond acceptors (Lipinski definition) is 4. The first-order valence-electron chi connectivity index (χ1n) is 10.4. The van der Waals surface area contributed by atoms with Crippen LogP contribution in [0, 0.1) is 0 Å². The summed E-state index contributed by atoms with van der Waals surface area (Å²) in [7, 11) is 1.64. The van der Waals surface area contributed by atoms with Crippen molar-refractivity contribution in [1.29, 1.82) is 0 Å². The van der Waals surface area contributed by atoms with E-state index in [1.807, 2.05) is 36.4 Å². The van der Waals surface area contributed by atoms with Gasteiger partial charge >= 0.3 is 0 Å². The molecule has 0 saturated carbocycles. The Bertz CT molecular complexity index is 1150. The van der Waals surface area contributed by atoms with Crippen LogP contribution in [0.4, 0.5) is 0 Å². The van der Waals surface area contributed by atoms with Crippen LogP contribution in [0.15, 0.2) is 54.6 Å². The molecule has 0 heterocycles. The first-order valence-corrected chi connectivity index (χ1v) is 10.4. The third-order valence-corrected chi connectivity index (χ3v) is 5.77. The molecule has 2 N–H and O–H groups in total. The lowest BCUT2D eigenvalue weighted by Crippen LogP contribution is -2.10. The van der Waals surface area contributed by atoms with Crippen molar-refractivity contribution in [1.82, 2.24) is 0 Å². The molecule has 0 aliphatic heterocycles. The first-order chi connectivity index (χ1) is 15.0. The highest BCUT2D eigenvalue weighted by atomic mass is 16.5. The van der Waals surface area contributed by atoms with Gasteiger partial charge in [-0.2, -0.15) is 0 Å². The number of hydrogen-bond donors (Lipinski definition) is 1. The van der Waals surface area contributed by atoms with Gasteiger partial charge in [-0.15, -0.1) is 0 Å². The molecule has 5 nitrogen and oxygen atoms in total. The van der Waals surface area contributed by atoms with E-state index in [9.17, 15) is 9.59 Å². The van der Waals surface area contributed by atoms with Crippen molar-refractivity contribution in [3.63, 3.8) is 0 Å². The van der Waals surface area contributed by atoms with E-state index >= 15 is 0 Å². The number of nitrogens with two attached hydrogens (primary N) is 1. The molecule has 0 bridgehead atoms. The quantitative estimate of drug-likeness (QED) is 0.605. The molecule has 0 saturated heterocycles. The molecule has 0 fully saturated rings. The molecule has 0 unspecified atom stereocenters. The molecule has 3 aromatic rings. The Morgan fingerprint density at radius 1 is 0.935 bits per heavy atom. The Labute approximate surface area is 181 Å². The normalized spacial score (nSPS) is 12.5. The fourth-order valence-electron chi connectivity index (χ4n) is 4.12. The second-order valence-corrected chi connectivity index (χ2v) is 7.59. The second kappa shape index (κ2) is 8.64. The number of ketones is 1. The number of benzene rings is 3. The van der Waals surface area contributed by atoms with Gasteiger partial charge in [-0.25, -0.2) is 0 Å². The number of methoxy groups -OCH3 is 1. The number of Topliss-reactive ketones (excluding diaryl/α,β-unsaturated/α-hetero) is 1. The third kappa shape index (κ3) is 3.91.